The Morgan fingerprint density at radius 1 is 1.15 bits per heavy atom. The minimum atomic E-state index is -0.124. The molecule has 0 bridgehead atoms. The summed E-state index contributed by atoms with van der Waals surface area (Å²) >= 11 is 3.44. The zero-order chi connectivity index (χ0) is 23.2. The zero-order valence-electron chi connectivity index (χ0n) is 18.6. The number of aromatic nitrogens is 2. The molecule has 0 amide bonds. The topological polar surface area (TPSA) is 88.3 Å². The molecule has 4 rings (SSSR count). The predicted octanol–water partition coefficient (Wildman–Crippen LogP) is 2.74. The van der Waals surface area contributed by atoms with Crippen LogP contribution in [0.5, 0.6) is 5.75 Å². The average Bonchev–Trinajstić information content (AvgIpc) is 2.82. The van der Waals surface area contributed by atoms with Gasteiger partial charge in [0, 0.05) is 25.3 Å². The molecule has 3 heterocycles. The van der Waals surface area contributed by atoms with Gasteiger partial charge in [-0.1, -0.05) is 18.2 Å². The molecule has 1 aliphatic heterocycles. The molecule has 0 saturated carbocycles. The zero-order valence-corrected chi connectivity index (χ0v) is 20.2. The van der Waals surface area contributed by atoms with Gasteiger partial charge in [0.25, 0.3) is 5.56 Å². The Hall–Kier alpha value is -2.46. The van der Waals surface area contributed by atoms with Crippen LogP contribution in [-0.2, 0) is 4.74 Å². The Morgan fingerprint density at radius 3 is 2.76 bits per heavy atom. The number of rotatable bonds is 9. The SMILES string of the molecule is CN1C[C@H](Nc2nc3ccccn3c(=O)c2Br)C[C@H](c2ccc(OCCOCCO)cc2)C1. The molecule has 1 aliphatic rings. The summed E-state index contributed by atoms with van der Waals surface area (Å²) in [5.41, 5.74) is 1.75. The van der Waals surface area contributed by atoms with Crippen LogP contribution in [0.3, 0.4) is 0 Å². The number of pyridine rings is 1. The summed E-state index contributed by atoms with van der Waals surface area (Å²) in [7, 11) is 2.11. The van der Waals surface area contributed by atoms with Crippen molar-refractivity contribution in [1.82, 2.24) is 14.3 Å². The van der Waals surface area contributed by atoms with Crippen molar-refractivity contribution in [2.45, 2.75) is 18.4 Å². The molecular formula is C24H29BrN4O4. The number of aliphatic hydroxyl groups is 1. The van der Waals surface area contributed by atoms with Crippen molar-refractivity contribution in [3.05, 3.63) is 69.1 Å². The van der Waals surface area contributed by atoms with Gasteiger partial charge in [0.1, 0.15) is 28.3 Å². The quantitative estimate of drug-likeness (QED) is 0.422. The fourth-order valence-electron chi connectivity index (χ4n) is 4.24. The molecule has 0 radical (unpaired) electrons. The van der Waals surface area contributed by atoms with Crippen molar-refractivity contribution in [3.8, 4) is 5.75 Å². The van der Waals surface area contributed by atoms with E-state index in [4.69, 9.17) is 14.6 Å². The third kappa shape index (κ3) is 5.92. The van der Waals surface area contributed by atoms with Crippen LogP contribution in [-0.4, -0.2) is 72.0 Å². The van der Waals surface area contributed by atoms with Crippen molar-refractivity contribution >= 4 is 27.4 Å². The van der Waals surface area contributed by atoms with Gasteiger partial charge in [-0.05, 0) is 65.1 Å². The van der Waals surface area contributed by atoms with Gasteiger partial charge in [0.05, 0.1) is 19.8 Å². The van der Waals surface area contributed by atoms with Crippen molar-refractivity contribution in [2.75, 3.05) is 51.9 Å². The number of hydrogen-bond acceptors (Lipinski definition) is 7. The molecule has 3 aromatic rings. The molecule has 0 unspecified atom stereocenters. The van der Waals surface area contributed by atoms with Crippen LogP contribution < -0.4 is 15.6 Å². The molecule has 2 N–H and O–H groups in total. The van der Waals surface area contributed by atoms with Crippen LogP contribution in [0.1, 0.15) is 17.9 Å². The lowest BCUT2D eigenvalue weighted by Gasteiger charge is -2.36. The lowest BCUT2D eigenvalue weighted by Crippen LogP contribution is -2.43. The summed E-state index contributed by atoms with van der Waals surface area (Å²) in [6.07, 6.45) is 2.65. The number of fused-ring (bicyclic) bond motifs is 1. The highest BCUT2D eigenvalue weighted by Gasteiger charge is 2.27. The van der Waals surface area contributed by atoms with Gasteiger partial charge in [-0.25, -0.2) is 4.98 Å². The van der Waals surface area contributed by atoms with E-state index in [1.807, 2.05) is 30.3 Å². The first-order valence-electron chi connectivity index (χ1n) is 11.1. The number of benzene rings is 1. The second-order valence-corrected chi connectivity index (χ2v) is 9.05. The molecule has 1 saturated heterocycles. The minimum absolute atomic E-state index is 0.0191. The molecule has 1 aromatic carbocycles. The highest BCUT2D eigenvalue weighted by Crippen LogP contribution is 2.30. The molecule has 2 atom stereocenters. The van der Waals surface area contributed by atoms with Gasteiger partial charge in [-0.2, -0.15) is 0 Å². The van der Waals surface area contributed by atoms with Crippen LogP contribution in [0.25, 0.3) is 5.65 Å². The maximum Gasteiger partial charge on any atom is 0.274 e. The normalized spacial score (nSPS) is 19.0. The van der Waals surface area contributed by atoms with E-state index in [-0.39, 0.29) is 18.2 Å². The summed E-state index contributed by atoms with van der Waals surface area (Å²) in [5, 5.41) is 12.2. The second kappa shape index (κ2) is 11.1. The monoisotopic (exact) mass is 516 g/mol. The Balaban J connectivity index is 1.42. The first-order chi connectivity index (χ1) is 16.0. The molecule has 176 valence electrons. The number of nitrogens with one attached hydrogen (secondary N) is 1. The Morgan fingerprint density at radius 2 is 1.97 bits per heavy atom. The maximum atomic E-state index is 12.7. The number of aliphatic hydroxyl groups excluding tert-OH is 1. The molecule has 2 aromatic heterocycles. The summed E-state index contributed by atoms with van der Waals surface area (Å²) in [4.78, 5) is 19.7. The number of nitrogens with zero attached hydrogens (tertiary/aromatic N) is 3. The van der Waals surface area contributed by atoms with E-state index in [2.05, 4.69) is 50.3 Å². The Labute approximate surface area is 201 Å². The van der Waals surface area contributed by atoms with Crippen LogP contribution in [0.4, 0.5) is 5.82 Å². The molecule has 33 heavy (non-hydrogen) atoms. The summed E-state index contributed by atoms with van der Waals surface area (Å²) in [6, 6.07) is 13.9. The first kappa shape index (κ1) is 23.7. The molecule has 0 spiro atoms. The largest absolute Gasteiger partial charge is 0.491 e. The number of piperidine rings is 1. The number of hydrogen-bond donors (Lipinski definition) is 2. The van der Waals surface area contributed by atoms with Gasteiger partial charge >= 0.3 is 0 Å². The third-order valence-corrected chi connectivity index (χ3v) is 6.45. The van der Waals surface area contributed by atoms with E-state index in [9.17, 15) is 4.79 Å². The summed E-state index contributed by atoms with van der Waals surface area (Å²) in [5.74, 6) is 1.73. The van der Waals surface area contributed by atoms with Crippen LogP contribution in [0.15, 0.2) is 57.9 Å². The van der Waals surface area contributed by atoms with Crippen LogP contribution in [0.2, 0.25) is 0 Å². The van der Waals surface area contributed by atoms with E-state index in [1.54, 1.807) is 6.20 Å². The summed E-state index contributed by atoms with van der Waals surface area (Å²) < 4.78 is 12.9. The predicted molar refractivity (Wildman–Crippen MR) is 131 cm³/mol. The molecular weight excluding hydrogens is 488 g/mol. The van der Waals surface area contributed by atoms with E-state index < -0.39 is 0 Å². The number of halogens is 1. The highest BCUT2D eigenvalue weighted by molar-refractivity contribution is 9.10. The fraction of sp³-hybridized carbons (Fsp3) is 0.417. The van der Waals surface area contributed by atoms with Gasteiger partial charge in [0.15, 0.2) is 0 Å². The third-order valence-electron chi connectivity index (χ3n) is 5.74. The van der Waals surface area contributed by atoms with Crippen molar-refractivity contribution < 1.29 is 14.6 Å². The van der Waals surface area contributed by atoms with Gasteiger partial charge in [-0.3, -0.25) is 9.20 Å². The van der Waals surface area contributed by atoms with E-state index >= 15 is 0 Å². The number of likely N-dealkylation sites (N-methyl/N-ethyl adjacent to an activating group) is 1. The van der Waals surface area contributed by atoms with Crippen LogP contribution >= 0.6 is 15.9 Å². The first-order valence-corrected chi connectivity index (χ1v) is 11.9. The smallest absolute Gasteiger partial charge is 0.274 e. The van der Waals surface area contributed by atoms with Crippen LogP contribution in [0, 0.1) is 0 Å². The Kier molecular flexibility index (Phi) is 7.97. The summed E-state index contributed by atoms with van der Waals surface area (Å²) in [6.45, 7) is 3.07. The van der Waals surface area contributed by atoms with Crippen molar-refractivity contribution in [1.29, 1.82) is 0 Å². The van der Waals surface area contributed by atoms with Crippen molar-refractivity contribution in [3.63, 3.8) is 0 Å². The lowest BCUT2D eigenvalue weighted by atomic mass is 9.88. The fourth-order valence-corrected chi connectivity index (χ4v) is 4.64. The Bertz CT molecular complexity index is 1120. The highest BCUT2D eigenvalue weighted by atomic mass is 79.9. The molecule has 1 fully saturated rings. The second-order valence-electron chi connectivity index (χ2n) is 8.26. The number of ether oxygens (including phenoxy) is 2. The van der Waals surface area contributed by atoms with E-state index in [0.717, 1.165) is 25.3 Å². The van der Waals surface area contributed by atoms with Crippen molar-refractivity contribution in [2.24, 2.45) is 0 Å². The molecule has 8 nitrogen and oxygen atoms in total. The van der Waals surface area contributed by atoms with E-state index in [0.29, 0.717) is 41.7 Å². The van der Waals surface area contributed by atoms with Gasteiger partial charge in [-0.15, -0.1) is 0 Å². The van der Waals surface area contributed by atoms with Gasteiger partial charge < -0.3 is 24.8 Å². The lowest BCUT2D eigenvalue weighted by molar-refractivity contribution is 0.0705. The molecule has 0 aliphatic carbocycles. The standard InChI is InChI=1S/C24H29BrN4O4/c1-28-15-18(17-5-7-20(8-6-17)33-13-12-32-11-10-30)14-19(16-28)26-23-22(25)24(31)29-9-3-2-4-21(29)27-23/h2-9,18-19,26,30H,10-16H2,1H3/t18-,19+/m0/s1. The minimum Gasteiger partial charge on any atom is -0.491 e. The number of anilines is 1. The van der Waals surface area contributed by atoms with E-state index in [1.165, 1.54) is 9.96 Å². The average molecular weight is 517 g/mol. The molecule has 9 heteroatoms. The van der Waals surface area contributed by atoms with Gasteiger partial charge in [0.2, 0.25) is 0 Å². The number of likely N-dealkylation sites (tertiary alicyclic amines) is 1. The maximum absolute atomic E-state index is 12.7.